The van der Waals surface area contributed by atoms with Gasteiger partial charge in [0.15, 0.2) is 23.0 Å². The van der Waals surface area contributed by atoms with Crippen molar-refractivity contribution in [2.75, 3.05) is 13.2 Å². The molecule has 0 aliphatic carbocycles. The lowest BCUT2D eigenvalue weighted by atomic mass is 10.1. The average molecular weight is 390 g/mol. The van der Waals surface area contributed by atoms with Gasteiger partial charge in [0.2, 0.25) is 0 Å². The van der Waals surface area contributed by atoms with Crippen LogP contribution in [0.25, 0.3) is 28.2 Å². The number of imidazole rings is 1. The molecule has 1 aliphatic heterocycles. The number of aromatic hydroxyl groups is 1. The van der Waals surface area contributed by atoms with E-state index in [0.717, 1.165) is 6.07 Å². The van der Waals surface area contributed by atoms with Crippen LogP contribution in [0.1, 0.15) is 0 Å². The van der Waals surface area contributed by atoms with Gasteiger partial charge in [-0.2, -0.15) is 0 Å². The zero-order chi connectivity index (χ0) is 20.0. The molecular formula is C20H14N4O5. The molecule has 4 aromatic rings. The van der Waals surface area contributed by atoms with Crippen molar-refractivity contribution < 1.29 is 19.5 Å². The number of nitro groups is 1. The fourth-order valence-electron chi connectivity index (χ4n) is 3.37. The molecule has 0 radical (unpaired) electrons. The highest BCUT2D eigenvalue weighted by molar-refractivity contribution is 5.83. The van der Waals surface area contributed by atoms with E-state index in [0.29, 0.717) is 47.4 Å². The van der Waals surface area contributed by atoms with E-state index in [9.17, 15) is 15.2 Å². The van der Waals surface area contributed by atoms with Crippen LogP contribution in [0.3, 0.4) is 0 Å². The summed E-state index contributed by atoms with van der Waals surface area (Å²) in [6.45, 7) is 0.919. The highest BCUT2D eigenvalue weighted by Gasteiger charge is 2.24. The molecule has 144 valence electrons. The van der Waals surface area contributed by atoms with Crippen LogP contribution >= 0.6 is 0 Å². The van der Waals surface area contributed by atoms with Crippen molar-refractivity contribution in [1.82, 2.24) is 14.5 Å². The van der Waals surface area contributed by atoms with Crippen molar-refractivity contribution in [3.63, 3.8) is 0 Å². The monoisotopic (exact) mass is 390 g/mol. The van der Waals surface area contributed by atoms with E-state index in [1.807, 2.05) is 6.07 Å². The summed E-state index contributed by atoms with van der Waals surface area (Å²) in [5.74, 6) is 1.36. The topological polar surface area (TPSA) is 113 Å². The minimum absolute atomic E-state index is 0.194. The second-order valence-electron chi connectivity index (χ2n) is 6.40. The van der Waals surface area contributed by atoms with Gasteiger partial charge < -0.3 is 14.6 Å². The van der Waals surface area contributed by atoms with Crippen LogP contribution in [0.15, 0.2) is 54.7 Å². The maximum atomic E-state index is 11.6. The van der Waals surface area contributed by atoms with E-state index in [1.165, 1.54) is 12.1 Å². The summed E-state index contributed by atoms with van der Waals surface area (Å²) in [5, 5.41) is 21.3. The number of phenols is 1. The van der Waals surface area contributed by atoms with Gasteiger partial charge in [-0.05, 0) is 36.4 Å². The number of nitro benzene ring substituents is 1. The van der Waals surface area contributed by atoms with Gasteiger partial charge in [0, 0.05) is 12.3 Å². The van der Waals surface area contributed by atoms with Gasteiger partial charge in [-0.15, -0.1) is 0 Å². The first-order valence-electron chi connectivity index (χ1n) is 8.83. The highest BCUT2D eigenvalue weighted by atomic mass is 16.6. The second kappa shape index (κ2) is 6.48. The number of hydrogen-bond donors (Lipinski definition) is 1. The molecule has 2 aromatic heterocycles. The zero-order valence-corrected chi connectivity index (χ0v) is 15.0. The molecule has 3 heterocycles. The smallest absolute Gasteiger partial charge is 0.284 e. The van der Waals surface area contributed by atoms with Gasteiger partial charge in [-0.3, -0.25) is 14.7 Å². The van der Waals surface area contributed by atoms with Gasteiger partial charge in [0.1, 0.15) is 24.5 Å². The van der Waals surface area contributed by atoms with E-state index in [4.69, 9.17) is 9.47 Å². The molecule has 0 atom stereocenters. The van der Waals surface area contributed by atoms with Crippen molar-refractivity contribution in [3.05, 3.63) is 64.8 Å². The van der Waals surface area contributed by atoms with E-state index in [-0.39, 0.29) is 17.0 Å². The molecule has 9 heteroatoms. The first-order valence-corrected chi connectivity index (χ1v) is 8.83. The summed E-state index contributed by atoms with van der Waals surface area (Å²) >= 11 is 0. The molecule has 0 fully saturated rings. The number of hydrogen-bond acceptors (Lipinski definition) is 7. The lowest BCUT2D eigenvalue weighted by Gasteiger charge is -2.19. The summed E-state index contributed by atoms with van der Waals surface area (Å²) < 4.78 is 13.0. The third-order valence-corrected chi connectivity index (χ3v) is 4.62. The first-order chi connectivity index (χ1) is 14.1. The summed E-state index contributed by atoms with van der Waals surface area (Å²) in [4.78, 5) is 20.1. The minimum atomic E-state index is -0.546. The van der Waals surface area contributed by atoms with Crippen molar-refractivity contribution in [2.45, 2.75) is 0 Å². The molecule has 2 aromatic carbocycles. The number of fused-ring (bicyclic) bond motifs is 2. The van der Waals surface area contributed by atoms with Crippen LogP contribution in [0, 0.1) is 10.1 Å². The highest BCUT2D eigenvalue weighted by Crippen LogP contribution is 2.38. The fourth-order valence-corrected chi connectivity index (χ4v) is 3.37. The summed E-state index contributed by atoms with van der Waals surface area (Å²) in [6.07, 6.45) is 1.63. The number of pyridine rings is 1. The Balaban J connectivity index is 1.80. The molecular weight excluding hydrogens is 376 g/mol. The number of nitrogens with zero attached hydrogens (tertiary/aromatic N) is 4. The van der Waals surface area contributed by atoms with E-state index >= 15 is 0 Å². The summed E-state index contributed by atoms with van der Waals surface area (Å²) in [6, 6.07) is 12.9. The lowest BCUT2D eigenvalue weighted by Crippen LogP contribution is -2.15. The quantitative estimate of drug-likeness (QED) is 0.421. The molecule has 0 bridgehead atoms. The maximum absolute atomic E-state index is 11.6. The normalized spacial score (nSPS) is 12.8. The van der Waals surface area contributed by atoms with E-state index in [1.54, 1.807) is 35.0 Å². The Hall–Kier alpha value is -4.14. The van der Waals surface area contributed by atoms with Gasteiger partial charge in [-0.25, -0.2) is 9.97 Å². The van der Waals surface area contributed by atoms with Crippen molar-refractivity contribution in [2.24, 2.45) is 0 Å². The molecule has 29 heavy (non-hydrogen) atoms. The molecule has 0 saturated carbocycles. The van der Waals surface area contributed by atoms with Crippen LogP contribution in [0.5, 0.6) is 17.2 Å². The molecule has 1 N–H and O–H groups in total. The maximum Gasteiger partial charge on any atom is 0.284 e. The third kappa shape index (κ3) is 2.80. The molecule has 1 aliphatic rings. The Kier molecular flexibility index (Phi) is 3.80. The number of aromatic nitrogens is 3. The lowest BCUT2D eigenvalue weighted by molar-refractivity contribution is -0.384. The third-order valence-electron chi connectivity index (χ3n) is 4.62. The van der Waals surface area contributed by atoms with Crippen molar-refractivity contribution >= 4 is 16.9 Å². The molecule has 0 saturated heterocycles. The molecule has 0 spiro atoms. The second-order valence-corrected chi connectivity index (χ2v) is 6.40. The van der Waals surface area contributed by atoms with Gasteiger partial charge in [0.25, 0.3) is 5.69 Å². The Labute approximate surface area is 163 Å². The van der Waals surface area contributed by atoms with Crippen LogP contribution in [-0.2, 0) is 0 Å². The van der Waals surface area contributed by atoms with Crippen LogP contribution in [0.4, 0.5) is 5.69 Å². The van der Waals surface area contributed by atoms with Crippen molar-refractivity contribution in [3.8, 4) is 34.3 Å². The standard InChI is InChI=1S/C20H14N4O5/c25-13-4-5-14(16(11-13)24(26)27)19-22-15-2-1-7-21-20(15)23(19)12-3-6-17-18(10-12)29-9-8-28-17/h1-7,10-11,25H,8-9H2. The Morgan fingerprint density at radius 3 is 2.72 bits per heavy atom. The zero-order valence-electron chi connectivity index (χ0n) is 15.0. The molecule has 0 unspecified atom stereocenters. The summed E-state index contributed by atoms with van der Waals surface area (Å²) in [7, 11) is 0. The number of rotatable bonds is 3. The van der Waals surface area contributed by atoms with E-state index < -0.39 is 4.92 Å². The fraction of sp³-hybridized carbons (Fsp3) is 0.100. The minimum Gasteiger partial charge on any atom is -0.508 e. The van der Waals surface area contributed by atoms with Crippen molar-refractivity contribution in [1.29, 1.82) is 0 Å². The van der Waals surface area contributed by atoms with Crippen LogP contribution in [-0.4, -0.2) is 37.8 Å². The largest absolute Gasteiger partial charge is 0.508 e. The Morgan fingerprint density at radius 2 is 1.90 bits per heavy atom. The van der Waals surface area contributed by atoms with Gasteiger partial charge >= 0.3 is 0 Å². The van der Waals surface area contributed by atoms with E-state index in [2.05, 4.69) is 9.97 Å². The van der Waals surface area contributed by atoms with Crippen LogP contribution in [0.2, 0.25) is 0 Å². The SMILES string of the molecule is O=[N+]([O-])c1cc(O)ccc1-c1nc2cccnc2n1-c1ccc2c(c1)OCCO2. The Bertz CT molecular complexity index is 1270. The predicted octanol–water partition coefficient (Wildman–Crippen LogP) is 3.47. The predicted molar refractivity (Wildman–Crippen MR) is 104 cm³/mol. The number of benzene rings is 2. The molecule has 0 amide bonds. The van der Waals surface area contributed by atoms with Gasteiger partial charge in [0.05, 0.1) is 22.2 Å². The summed E-state index contributed by atoms with van der Waals surface area (Å²) in [5.41, 5.74) is 1.81. The van der Waals surface area contributed by atoms with Crippen LogP contribution < -0.4 is 9.47 Å². The molecule has 9 nitrogen and oxygen atoms in total. The Morgan fingerprint density at radius 1 is 1.07 bits per heavy atom. The van der Waals surface area contributed by atoms with Gasteiger partial charge in [-0.1, -0.05) is 0 Å². The number of phenolic OH excluding ortho intramolecular Hbond substituents is 1. The number of ether oxygens (including phenoxy) is 2. The average Bonchev–Trinajstić information content (AvgIpc) is 3.12. The molecule has 5 rings (SSSR count). The first kappa shape index (κ1) is 17.0.